The molecule has 2 aromatic heterocycles. The standard InChI is InChI=1S/C23H23N5O2S/c1-15-8-10-17(11-9-15)12-28-22(30)21-19(13-27(3)26-21)25-23(28)31-14-20(29)24-18-7-5-4-6-16(18)2/h4-11,13H,12,14H2,1-3H3,(H,24,29). The van der Waals surface area contributed by atoms with E-state index in [1.807, 2.05) is 62.4 Å². The van der Waals surface area contributed by atoms with E-state index in [0.29, 0.717) is 22.7 Å². The largest absolute Gasteiger partial charge is 0.325 e. The van der Waals surface area contributed by atoms with Crippen LogP contribution in [0.2, 0.25) is 0 Å². The summed E-state index contributed by atoms with van der Waals surface area (Å²) in [6.45, 7) is 4.33. The van der Waals surface area contributed by atoms with Gasteiger partial charge in [0, 0.05) is 12.7 Å². The first-order valence-electron chi connectivity index (χ1n) is 9.89. The van der Waals surface area contributed by atoms with Gasteiger partial charge < -0.3 is 5.32 Å². The summed E-state index contributed by atoms with van der Waals surface area (Å²) < 4.78 is 3.17. The monoisotopic (exact) mass is 433 g/mol. The fraction of sp³-hybridized carbons (Fsp3) is 0.217. The highest BCUT2D eigenvalue weighted by molar-refractivity contribution is 7.99. The lowest BCUT2D eigenvalue weighted by molar-refractivity contribution is -0.113. The Bertz CT molecular complexity index is 1310. The predicted molar refractivity (Wildman–Crippen MR) is 124 cm³/mol. The number of hydrogen-bond acceptors (Lipinski definition) is 5. The molecule has 0 spiro atoms. The number of thioether (sulfide) groups is 1. The summed E-state index contributed by atoms with van der Waals surface area (Å²) in [6.07, 6.45) is 1.71. The Morgan fingerprint density at radius 2 is 1.84 bits per heavy atom. The van der Waals surface area contributed by atoms with E-state index in [0.717, 1.165) is 22.4 Å². The van der Waals surface area contributed by atoms with Crippen LogP contribution in [0.15, 0.2) is 64.7 Å². The number of para-hydroxylation sites is 1. The van der Waals surface area contributed by atoms with Gasteiger partial charge in [0.05, 0.1) is 18.5 Å². The molecule has 4 aromatic rings. The minimum absolute atomic E-state index is 0.139. The summed E-state index contributed by atoms with van der Waals surface area (Å²) >= 11 is 1.24. The molecule has 2 heterocycles. The molecule has 1 N–H and O–H groups in total. The number of anilines is 1. The molecule has 0 aliphatic heterocycles. The van der Waals surface area contributed by atoms with Crippen LogP contribution in [0, 0.1) is 13.8 Å². The van der Waals surface area contributed by atoms with Crippen LogP contribution in [-0.2, 0) is 18.4 Å². The molecule has 0 aliphatic carbocycles. The average molecular weight is 434 g/mol. The predicted octanol–water partition coefficient (Wildman–Crippen LogP) is 3.53. The Morgan fingerprint density at radius 3 is 2.58 bits per heavy atom. The summed E-state index contributed by atoms with van der Waals surface area (Å²) in [7, 11) is 1.76. The smallest absolute Gasteiger partial charge is 0.282 e. The van der Waals surface area contributed by atoms with E-state index in [9.17, 15) is 9.59 Å². The number of amides is 1. The van der Waals surface area contributed by atoms with Crippen molar-refractivity contribution in [2.75, 3.05) is 11.1 Å². The van der Waals surface area contributed by atoms with Crippen molar-refractivity contribution in [3.8, 4) is 0 Å². The molecule has 0 saturated heterocycles. The minimum Gasteiger partial charge on any atom is -0.325 e. The molecule has 8 heteroatoms. The van der Waals surface area contributed by atoms with E-state index in [2.05, 4.69) is 15.4 Å². The highest BCUT2D eigenvalue weighted by Crippen LogP contribution is 2.20. The van der Waals surface area contributed by atoms with Crippen LogP contribution in [0.4, 0.5) is 5.69 Å². The van der Waals surface area contributed by atoms with Crippen molar-refractivity contribution < 1.29 is 4.79 Å². The van der Waals surface area contributed by atoms with Crippen LogP contribution in [0.25, 0.3) is 11.0 Å². The summed E-state index contributed by atoms with van der Waals surface area (Å²) in [5.74, 6) is -0.0119. The molecule has 0 unspecified atom stereocenters. The molecule has 1 amide bonds. The van der Waals surface area contributed by atoms with Crippen molar-refractivity contribution >= 4 is 34.4 Å². The van der Waals surface area contributed by atoms with Crippen molar-refractivity contribution in [3.05, 3.63) is 81.8 Å². The molecular weight excluding hydrogens is 410 g/mol. The normalized spacial score (nSPS) is 11.1. The number of fused-ring (bicyclic) bond motifs is 1. The number of carbonyl (C=O) groups is 1. The highest BCUT2D eigenvalue weighted by Gasteiger charge is 2.16. The second-order valence-corrected chi connectivity index (χ2v) is 8.40. The fourth-order valence-electron chi connectivity index (χ4n) is 3.24. The maximum atomic E-state index is 13.1. The van der Waals surface area contributed by atoms with Crippen molar-refractivity contribution in [1.82, 2.24) is 19.3 Å². The average Bonchev–Trinajstić information content (AvgIpc) is 3.12. The molecule has 0 saturated carbocycles. The van der Waals surface area contributed by atoms with E-state index in [1.54, 1.807) is 22.5 Å². The SMILES string of the molecule is Cc1ccc(Cn2c(SCC(=O)Nc3ccccc3C)nc3cn(C)nc3c2=O)cc1. The number of carbonyl (C=O) groups excluding carboxylic acids is 1. The lowest BCUT2D eigenvalue weighted by Gasteiger charge is -2.12. The van der Waals surface area contributed by atoms with E-state index < -0.39 is 0 Å². The van der Waals surface area contributed by atoms with Gasteiger partial charge in [-0.25, -0.2) is 4.98 Å². The highest BCUT2D eigenvalue weighted by atomic mass is 32.2. The first-order chi connectivity index (χ1) is 14.9. The number of benzene rings is 2. The molecule has 0 fully saturated rings. The van der Waals surface area contributed by atoms with Gasteiger partial charge >= 0.3 is 0 Å². The zero-order valence-electron chi connectivity index (χ0n) is 17.6. The summed E-state index contributed by atoms with van der Waals surface area (Å²) in [5, 5.41) is 7.68. The van der Waals surface area contributed by atoms with Crippen LogP contribution in [0.1, 0.15) is 16.7 Å². The topological polar surface area (TPSA) is 81.8 Å². The number of aromatic nitrogens is 4. The lowest BCUT2D eigenvalue weighted by atomic mass is 10.1. The molecule has 7 nitrogen and oxygen atoms in total. The van der Waals surface area contributed by atoms with Gasteiger partial charge in [-0.15, -0.1) is 0 Å². The van der Waals surface area contributed by atoms with Gasteiger partial charge in [-0.2, -0.15) is 5.10 Å². The van der Waals surface area contributed by atoms with E-state index in [-0.39, 0.29) is 17.2 Å². The number of nitrogens with one attached hydrogen (secondary N) is 1. The van der Waals surface area contributed by atoms with Crippen molar-refractivity contribution in [2.45, 2.75) is 25.5 Å². The van der Waals surface area contributed by atoms with Gasteiger partial charge in [0.15, 0.2) is 10.7 Å². The van der Waals surface area contributed by atoms with Crippen LogP contribution < -0.4 is 10.9 Å². The zero-order valence-corrected chi connectivity index (χ0v) is 18.4. The van der Waals surface area contributed by atoms with Gasteiger partial charge in [-0.1, -0.05) is 59.8 Å². The lowest BCUT2D eigenvalue weighted by Crippen LogP contribution is -2.25. The maximum absolute atomic E-state index is 13.1. The molecule has 31 heavy (non-hydrogen) atoms. The molecule has 158 valence electrons. The van der Waals surface area contributed by atoms with Crippen LogP contribution in [0.5, 0.6) is 0 Å². The van der Waals surface area contributed by atoms with Gasteiger partial charge in [-0.05, 0) is 31.0 Å². The third-order valence-electron chi connectivity index (χ3n) is 4.92. The molecule has 2 aromatic carbocycles. The van der Waals surface area contributed by atoms with Crippen molar-refractivity contribution in [3.63, 3.8) is 0 Å². The summed E-state index contributed by atoms with van der Waals surface area (Å²) in [4.78, 5) is 30.3. The Hall–Kier alpha value is -3.39. The number of nitrogens with zero attached hydrogens (tertiary/aromatic N) is 4. The minimum atomic E-state index is -0.215. The fourth-order valence-corrected chi connectivity index (χ4v) is 4.04. The summed E-state index contributed by atoms with van der Waals surface area (Å²) in [6, 6.07) is 15.6. The van der Waals surface area contributed by atoms with Gasteiger partial charge in [0.25, 0.3) is 5.56 Å². The van der Waals surface area contributed by atoms with E-state index in [4.69, 9.17) is 0 Å². The zero-order chi connectivity index (χ0) is 22.0. The maximum Gasteiger partial charge on any atom is 0.282 e. The Morgan fingerprint density at radius 1 is 1.10 bits per heavy atom. The third kappa shape index (κ3) is 4.69. The Balaban J connectivity index is 1.62. The van der Waals surface area contributed by atoms with Crippen molar-refractivity contribution in [2.24, 2.45) is 7.05 Å². The van der Waals surface area contributed by atoms with Crippen molar-refractivity contribution in [1.29, 1.82) is 0 Å². The second kappa shape index (κ2) is 8.77. The third-order valence-corrected chi connectivity index (χ3v) is 5.89. The first-order valence-corrected chi connectivity index (χ1v) is 10.9. The molecule has 0 aliphatic rings. The molecule has 0 radical (unpaired) electrons. The van der Waals surface area contributed by atoms with E-state index in [1.165, 1.54) is 11.8 Å². The Labute approximate surface area is 184 Å². The van der Waals surface area contributed by atoms with Crippen LogP contribution in [0.3, 0.4) is 0 Å². The molecule has 0 atom stereocenters. The number of aryl methyl sites for hydroxylation is 3. The Kier molecular flexibility index (Phi) is 5.90. The van der Waals surface area contributed by atoms with E-state index >= 15 is 0 Å². The number of hydrogen-bond donors (Lipinski definition) is 1. The van der Waals surface area contributed by atoms with Gasteiger partial charge in [0.2, 0.25) is 5.91 Å². The second-order valence-electron chi connectivity index (χ2n) is 7.46. The van der Waals surface area contributed by atoms with Crippen LogP contribution in [-0.4, -0.2) is 31.0 Å². The summed E-state index contributed by atoms with van der Waals surface area (Å²) in [5.41, 5.74) is 4.53. The first kappa shape index (κ1) is 20.9. The quantitative estimate of drug-likeness (QED) is 0.372. The van der Waals surface area contributed by atoms with Crippen LogP contribution >= 0.6 is 11.8 Å². The van der Waals surface area contributed by atoms with Gasteiger partial charge in [0.1, 0.15) is 5.52 Å². The van der Waals surface area contributed by atoms with Gasteiger partial charge in [-0.3, -0.25) is 18.8 Å². The molecular formula is C23H23N5O2S. The molecule has 0 bridgehead atoms. The number of rotatable bonds is 6. The molecule has 4 rings (SSSR count).